The number of allylic oxidation sites excluding steroid dienone is 1. The lowest BCUT2D eigenvalue weighted by molar-refractivity contribution is 0.420. The van der Waals surface area contributed by atoms with Crippen molar-refractivity contribution >= 4 is 22.0 Å². The van der Waals surface area contributed by atoms with Gasteiger partial charge in [-0.05, 0) is 36.3 Å². The van der Waals surface area contributed by atoms with Crippen LogP contribution in [0, 0.1) is 0 Å². The number of hydrogen-bond donors (Lipinski definition) is 0. The molecule has 0 radical (unpaired) electrons. The molecule has 80 valence electrons. The number of rotatable bonds is 4. The highest BCUT2D eigenvalue weighted by atomic mass is 79.9. The molecule has 0 unspecified atom stereocenters. The van der Waals surface area contributed by atoms with Crippen LogP contribution in [0.3, 0.4) is 0 Å². The zero-order chi connectivity index (χ0) is 10.5. The molecular formula is C14H17Br. The van der Waals surface area contributed by atoms with Gasteiger partial charge in [-0.25, -0.2) is 0 Å². The molecule has 1 heteroatoms. The summed E-state index contributed by atoms with van der Waals surface area (Å²) in [5, 5.41) is 1.05. The number of hydrogen-bond acceptors (Lipinski definition) is 0. The second kappa shape index (κ2) is 5.50. The van der Waals surface area contributed by atoms with E-state index in [2.05, 4.69) is 52.3 Å². The molecule has 1 fully saturated rings. The van der Waals surface area contributed by atoms with Crippen LogP contribution in [0.25, 0.3) is 6.08 Å². The van der Waals surface area contributed by atoms with Crippen LogP contribution in [0.2, 0.25) is 0 Å². The van der Waals surface area contributed by atoms with Crippen molar-refractivity contribution in [1.82, 2.24) is 0 Å². The fourth-order valence-corrected chi connectivity index (χ4v) is 2.20. The van der Waals surface area contributed by atoms with Crippen LogP contribution in [0.15, 0.2) is 30.3 Å². The average Bonchev–Trinajstić information content (AvgIpc) is 2.16. The smallest absolute Gasteiger partial charge is 0.00660 e. The lowest BCUT2D eigenvalue weighted by Gasteiger charge is -2.25. The SMILES string of the molecule is BrCC/C=C/c1cccc(C2CCC2)c1. The minimum atomic E-state index is 0.842. The molecule has 1 aliphatic carbocycles. The Labute approximate surface area is 101 Å². The van der Waals surface area contributed by atoms with E-state index in [1.807, 2.05) is 0 Å². The fraction of sp³-hybridized carbons (Fsp3) is 0.429. The van der Waals surface area contributed by atoms with Crippen molar-refractivity contribution in [2.45, 2.75) is 31.6 Å². The molecular weight excluding hydrogens is 248 g/mol. The van der Waals surface area contributed by atoms with Crippen molar-refractivity contribution in [3.63, 3.8) is 0 Å². The van der Waals surface area contributed by atoms with Crippen LogP contribution >= 0.6 is 15.9 Å². The third kappa shape index (κ3) is 2.94. The van der Waals surface area contributed by atoms with Crippen molar-refractivity contribution in [3.05, 3.63) is 41.5 Å². The first-order chi connectivity index (χ1) is 7.40. The molecule has 0 spiro atoms. The van der Waals surface area contributed by atoms with Crippen molar-refractivity contribution < 1.29 is 0 Å². The predicted molar refractivity (Wildman–Crippen MR) is 70.5 cm³/mol. The van der Waals surface area contributed by atoms with Crippen molar-refractivity contribution in [2.24, 2.45) is 0 Å². The molecule has 2 rings (SSSR count). The van der Waals surface area contributed by atoms with Gasteiger partial charge in [0.15, 0.2) is 0 Å². The van der Waals surface area contributed by atoms with E-state index >= 15 is 0 Å². The summed E-state index contributed by atoms with van der Waals surface area (Å²) >= 11 is 3.43. The summed E-state index contributed by atoms with van der Waals surface area (Å²) in [6.45, 7) is 0. The summed E-state index contributed by atoms with van der Waals surface area (Å²) in [5.41, 5.74) is 2.88. The topological polar surface area (TPSA) is 0 Å². The van der Waals surface area contributed by atoms with Crippen LogP contribution in [-0.2, 0) is 0 Å². The molecule has 0 atom stereocenters. The molecule has 1 aromatic rings. The van der Waals surface area contributed by atoms with E-state index < -0.39 is 0 Å². The molecule has 0 aliphatic heterocycles. The third-order valence-electron chi connectivity index (χ3n) is 3.07. The molecule has 0 bridgehead atoms. The van der Waals surface area contributed by atoms with Crippen LogP contribution in [-0.4, -0.2) is 5.33 Å². The van der Waals surface area contributed by atoms with Gasteiger partial charge in [-0.3, -0.25) is 0 Å². The fourth-order valence-electron chi connectivity index (χ4n) is 1.94. The summed E-state index contributed by atoms with van der Waals surface area (Å²) in [6.07, 6.45) is 9.74. The van der Waals surface area contributed by atoms with Gasteiger partial charge in [0.25, 0.3) is 0 Å². The second-order valence-electron chi connectivity index (χ2n) is 4.18. The molecule has 0 N–H and O–H groups in total. The van der Waals surface area contributed by atoms with Gasteiger partial charge < -0.3 is 0 Å². The lowest BCUT2D eigenvalue weighted by Crippen LogP contribution is -2.08. The summed E-state index contributed by atoms with van der Waals surface area (Å²) in [6, 6.07) is 8.98. The molecule has 0 saturated heterocycles. The van der Waals surface area contributed by atoms with Gasteiger partial charge in [0.2, 0.25) is 0 Å². The van der Waals surface area contributed by atoms with Crippen molar-refractivity contribution in [1.29, 1.82) is 0 Å². The van der Waals surface area contributed by atoms with Gasteiger partial charge in [0.05, 0.1) is 0 Å². The van der Waals surface area contributed by atoms with E-state index in [1.165, 1.54) is 30.4 Å². The van der Waals surface area contributed by atoms with E-state index in [-0.39, 0.29) is 0 Å². The lowest BCUT2D eigenvalue weighted by atomic mass is 9.80. The number of benzene rings is 1. The third-order valence-corrected chi connectivity index (χ3v) is 3.53. The Morgan fingerprint density at radius 3 is 2.87 bits per heavy atom. The Morgan fingerprint density at radius 1 is 1.33 bits per heavy atom. The number of halogens is 1. The van der Waals surface area contributed by atoms with E-state index in [0.29, 0.717) is 0 Å². The molecule has 0 aromatic heterocycles. The van der Waals surface area contributed by atoms with Gasteiger partial charge in [-0.2, -0.15) is 0 Å². The zero-order valence-electron chi connectivity index (χ0n) is 8.95. The highest BCUT2D eigenvalue weighted by Gasteiger charge is 2.18. The van der Waals surface area contributed by atoms with Crippen LogP contribution in [0.1, 0.15) is 42.7 Å². The summed E-state index contributed by atoms with van der Waals surface area (Å²) in [7, 11) is 0. The number of alkyl halides is 1. The maximum absolute atomic E-state index is 3.43. The van der Waals surface area contributed by atoms with Crippen molar-refractivity contribution in [2.75, 3.05) is 5.33 Å². The van der Waals surface area contributed by atoms with Crippen LogP contribution in [0.5, 0.6) is 0 Å². The highest BCUT2D eigenvalue weighted by molar-refractivity contribution is 9.09. The molecule has 1 aromatic carbocycles. The Bertz CT molecular complexity index is 337. The molecule has 1 saturated carbocycles. The second-order valence-corrected chi connectivity index (χ2v) is 4.97. The largest absolute Gasteiger partial charge is 0.0925 e. The van der Waals surface area contributed by atoms with Crippen molar-refractivity contribution in [3.8, 4) is 0 Å². The van der Waals surface area contributed by atoms with Gasteiger partial charge in [-0.15, -0.1) is 0 Å². The minimum Gasteiger partial charge on any atom is -0.0925 e. The Morgan fingerprint density at radius 2 is 2.20 bits per heavy atom. The summed E-state index contributed by atoms with van der Waals surface area (Å²) in [5.74, 6) is 0.842. The zero-order valence-corrected chi connectivity index (χ0v) is 10.5. The van der Waals surface area contributed by atoms with Gasteiger partial charge in [0, 0.05) is 5.33 Å². The highest BCUT2D eigenvalue weighted by Crippen LogP contribution is 2.36. The van der Waals surface area contributed by atoms with Crippen LogP contribution in [0.4, 0.5) is 0 Å². The van der Waals surface area contributed by atoms with Gasteiger partial charge in [0.1, 0.15) is 0 Å². The maximum atomic E-state index is 3.43. The monoisotopic (exact) mass is 264 g/mol. The predicted octanol–water partition coefficient (Wildman–Crippen LogP) is 4.75. The summed E-state index contributed by atoms with van der Waals surface area (Å²) < 4.78 is 0. The maximum Gasteiger partial charge on any atom is 0.00660 e. The normalized spacial score (nSPS) is 16.9. The average molecular weight is 265 g/mol. The molecule has 0 nitrogen and oxygen atoms in total. The van der Waals surface area contributed by atoms with Gasteiger partial charge in [-0.1, -0.05) is 58.8 Å². The molecule has 0 heterocycles. The molecule has 1 aliphatic rings. The first kappa shape index (κ1) is 10.9. The first-order valence-electron chi connectivity index (χ1n) is 5.72. The summed E-state index contributed by atoms with van der Waals surface area (Å²) in [4.78, 5) is 0. The quantitative estimate of drug-likeness (QED) is 0.689. The Hall–Kier alpha value is -0.560. The van der Waals surface area contributed by atoms with E-state index in [1.54, 1.807) is 0 Å². The van der Waals surface area contributed by atoms with E-state index in [9.17, 15) is 0 Å². The first-order valence-corrected chi connectivity index (χ1v) is 6.85. The van der Waals surface area contributed by atoms with Crippen LogP contribution < -0.4 is 0 Å². The Balaban J connectivity index is 2.04. The van der Waals surface area contributed by atoms with E-state index in [4.69, 9.17) is 0 Å². The molecule has 0 amide bonds. The van der Waals surface area contributed by atoms with E-state index in [0.717, 1.165) is 17.7 Å². The standard InChI is InChI=1S/C14H17Br/c15-10-2-1-5-12-6-3-9-14(11-12)13-7-4-8-13/h1,3,5-6,9,11,13H,2,4,7-8,10H2/b5-1+. The minimum absolute atomic E-state index is 0.842. The van der Waals surface area contributed by atoms with Gasteiger partial charge >= 0.3 is 0 Å². The Kier molecular flexibility index (Phi) is 4.01. The molecule has 15 heavy (non-hydrogen) atoms.